The number of fused-ring (bicyclic) bond motifs is 1. The van der Waals surface area contributed by atoms with Crippen molar-refractivity contribution in [3.05, 3.63) is 29.3 Å². The summed E-state index contributed by atoms with van der Waals surface area (Å²) in [5.41, 5.74) is 1.13. The van der Waals surface area contributed by atoms with Gasteiger partial charge < -0.3 is 10.1 Å². The van der Waals surface area contributed by atoms with Crippen LogP contribution < -0.4 is 5.32 Å². The molecule has 3 nitrogen and oxygen atoms in total. The van der Waals surface area contributed by atoms with Gasteiger partial charge >= 0.3 is 0 Å². The maximum atomic E-state index is 5.89. The van der Waals surface area contributed by atoms with E-state index in [1.165, 1.54) is 29.0 Å². The van der Waals surface area contributed by atoms with Crippen LogP contribution in [0.3, 0.4) is 0 Å². The van der Waals surface area contributed by atoms with Crippen molar-refractivity contribution in [2.75, 3.05) is 13.2 Å². The van der Waals surface area contributed by atoms with Crippen molar-refractivity contribution in [3.8, 4) is 0 Å². The largest absolute Gasteiger partial charge is 0.378 e. The summed E-state index contributed by atoms with van der Waals surface area (Å²) >= 11 is 1.82. The van der Waals surface area contributed by atoms with Gasteiger partial charge in [0.1, 0.15) is 0 Å². The van der Waals surface area contributed by atoms with Gasteiger partial charge in [-0.25, -0.2) is 4.98 Å². The third-order valence-corrected chi connectivity index (χ3v) is 5.13. The lowest BCUT2D eigenvalue weighted by Gasteiger charge is -2.27. The fraction of sp³-hybridized carbons (Fsp3) is 0.588. The molecule has 0 spiro atoms. The Morgan fingerprint density at radius 2 is 2.29 bits per heavy atom. The molecule has 114 valence electrons. The average molecular weight is 304 g/mol. The van der Waals surface area contributed by atoms with Crippen LogP contribution in [0.15, 0.2) is 24.3 Å². The predicted molar refractivity (Wildman–Crippen MR) is 89.0 cm³/mol. The zero-order valence-electron chi connectivity index (χ0n) is 12.7. The molecule has 3 rings (SSSR count). The number of rotatable bonds is 6. The van der Waals surface area contributed by atoms with Crippen LogP contribution in [0, 0.1) is 0 Å². The predicted octanol–water partition coefficient (Wildman–Crippen LogP) is 3.78. The minimum atomic E-state index is 0.428. The molecule has 2 atom stereocenters. The molecular formula is C17H24N2OS. The molecule has 1 N–H and O–H groups in total. The highest BCUT2D eigenvalue weighted by molar-refractivity contribution is 7.18. The second-order valence-corrected chi connectivity index (χ2v) is 6.87. The Hall–Kier alpha value is -0.970. The molecule has 0 aliphatic carbocycles. The zero-order valence-corrected chi connectivity index (χ0v) is 13.5. The number of para-hydroxylation sites is 1. The summed E-state index contributed by atoms with van der Waals surface area (Å²) in [4.78, 5) is 4.77. The van der Waals surface area contributed by atoms with E-state index in [9.17, 15) is 0 Å². The highest BCUT2D eigenvalue weighted by Gasteiger charge is 2.20. The molecule has 0 radical (unpaired) electrons. The first-order valence-electron chi connectivity index (χ1n) is 8.04. The highest BCUT2D eigenvalue weighted by atomic mass is 32.1. The molecule has 1 aliphatic heterocycles. The molecule has 2 unspecified atom stereocenters. The lowest BCUT2D eigenvalue weighted by atomic mass is 10.00. The topological polar surface area (TPSA) is 34.2 Å². The van der Waals surface area contributed by atoms with Gasteiger partial charge in [0.25, 0.3) is 0 Å². The van der Waals surface area contributed by atoms with Crippen LogP contribution in [-0.2, 0) is 11.2 Å². The fourth-order valence-corrected chi connectivity index (χ4v) is 4.10. The summed E-state index contributed by atoms with van der Waals surface area (Å²) in [5.74, 6) is 0. The van der Waals surface area contributed by atoms with Crippen LogP contribution in [0.1, 0.15) is 37.6 Å². The maximum Gasteiger partial charge on any atom is 0.0954 e. The third-order valence-electron chi connectivity index (χ3n) is 4.07. The van der Waals surface area contributed by atoms with Crippen LogP contribution >= 0.6 is 11.3 Å². The Balaban J connectivity index is 1.65. The first kappa shape index (κ1) is 14.9. The zero-order chi connectivity index (χ0) is 14.5. The molecule has 0 amide bonds. The Morgan fingerprint density at radius 1 is 1.38 bits per heavy atom. The van der Waals surface area contributed by atoms with E-state index in [4.69, 9.17) is 9.72 Å². The quantitative estimate of drug-likeness (QED) is 0.882. The Labute approximate surface area is 130 Å². The molecule has 0 bridgehead atoms. The molecule has 0 saturated carbocycles. The van der Waals surface area contributed by atoms with Crippen molar-refractivity contribution in [3.63, 3.8) is 0 Å². The van der Waals surface area contributed by atoms with E-state index >= 15 is 0 Å². The molecule has 2 aromatic rings. The minimum Gasteiger partial charge on any atom is -0.378 e. The molecule has 1 saturated heterocycles. The number of hydrogen-bond donors (Lipinski definition) is 1. The van der Waals surface area contributed by atoms with Crippen molar-refractivity contribution < 1.29 is 4.74 Å². The molecule has 1 fully saturated rings. The second kappa shape index (κ2) is 7.34. The highest BCUT2D eigenvalue weighted by Crippen LogP contribution is 2.24. The Kier molecular flexibility index (Phi) is 5.22. The molecule has 2 heterocycles. The van der Waals surface area contributed by atoms with Crippen molar-refractivity contribution in [2.45, 2.75) is 51.2 Å². The molecule has 21 heavy (non-hydrogen) atoms. The van der Waals surface area contributed by atoms with Crippen molar-refractivity contribution in [1.29, 1.82) is 0 Å². The number of benzene rings is 1. The minimum absolute atomic E-state index is 0.428. The average Bonchev–Trinajstić information content (AvgIpc) is 2.90. The Morgan fingerprint density at radius 3 is 3.05 bits per heavy atom. The van der Waals surface area contributed by atoms with Crippen molar-refractivity contribution in [1.82, 2.24) is 10.3 Å². The molecule has 1 aromatic heterocycles. The lowest BCUT2D eigenvalue weighted by molar-refractivity contribution is 0.00535. The first-order chi connectivity index (χ1) is 10.3. The van der Waals surface area contributed by atoms with Crippen LogP contribution in [0.4, 0.5) is 0 Å². The van der Waals surface area contributed by atoms with Gasteiger partial charge in [0.05, 0.1) is 21.3 Å². The van der Waals surface area contributed by atoms with Gasteiger partial charge in [-0.15, -0.1) is 11.3 Å². The first-order valence-corrected chi connectivity index (χ1v) is 8.86. The second-order valence-electron chi connectivity index (χ2n) is 5.76. The van der Waals surface area contributed by atoms with Crippen LogP contribution in [0.2, 0.25) is 0 Å². The smallest absolute Gasteiger partial charge is 0.0954 e. The summed E-state index contributed by atoms with van der Waals surface area (Å²) in [7, 11) is 0. The maximum absolute atomic E-state index is 5.89. The van der Waals surface area contributed by atoms with E-state index in [0.29, 0.717) is 12.1 Å². The van der Waals surface area contributed by atoms with Gasteiger partial charge in [0.2, 0.25) is 0 Å². The van der Waals surface area contributed by atoms with Gasteiger partial charge in [-0.05, 0) is 44.4 Å². The van der Waals surface area contributed by atoms with Gasteiger partial charge in [-0.3, -0.25) is 0 Å². The van der Waals surface area contributed by atoms with Crippen LogP contribution in [-0.4, -0.2) is 30.3 Å². The lowest BCUT2D eigenvalue weighted by Crippen LogP contribution is -2.36. The number of aromatic nitrogens is 1. The molecular weight excluding hydrogens is 280 g/mol. The van der Waals surface area contributed by atoms with E-state index in [1.54, 1.807) is 0 Å². The van der Waals surface area contributed by atoms with Crippen LogP contribution in [0.5, 0.6) is 0 Å². The standard InChI is InChI=1S/C17H24N2OS/c1-2-18-13(11-14-7-5-6-10-20-14)12-17-19-15-8-3-4-9-16(15)21-17/h3-4,8-9,13-14,18H,2,5-7,10-12H2,1H3. The monoisotopic (exact) mass is 304 g/mol. The van der Waals surface area contributed by atoms with E-state index in [0.717, 1.165) is 31.5 Å². The number of likely N-dealkylation sites (N-methyl/N-ethyl adjacent to an activating group) is 1. The fourth-order valence-electron chi connectivity index (χ4n) is 3.06. The summed E-state index contributed by atoms with van der Waals surface area (Å²) in [6, 6.07) is 8.87. The van der Waals surface area contributed by atoms with Crippen molar-refractivity contribution in [2.24, 2.45) is 0 Å². The molecule has 1 aliphatic rings. The van der Waals surface area contributed by atoms with E-state index in [1.807, 2.05) is 11.3 Å². The van der Waals surface area contributed by atoms with E-state index < -0.39 is 0 Å². The summed E-state index contributed by atoms with van der Waals surface area (Å²) in [6.07, 6.45) is 6.28. The number of ether oxygens (including phenoxy) is 1. The molecule has 1 aromatic carbocycles. The number of hydrogen-bond acceptors (Lipinski definition) is 4. The molecule has 4 heteroatoms. The van der Waals surface area contributed by atoms with Gasteiger partial charge in [0.15, 0.2) is 0 Å². The number of thiazole rings is 1. The van der Waals surface area contributed by atoms with Crippen LogP contribution in [0.25, 0.3) is 10.2 Å². The van der Waals surface area contributed by atoms with E-state index in [-0.39, 0.29) is 0 Å². The third kappa shape index (κ3) is 4.02. The SMILES string of the molecule is CCNC(Cc1nc2ccccc2s1)CC1CCCCO1. The number of nitrogens with one attached hydrogen (secondary N) is 1. The summed E-state index contributed by atoms with van der Waals surface area (Å²) in [6.45, 7) is 4.11. The van der Waals surface area contributed by atoms with Gasteiger partial charge in [0, 0.05) is 19.1 Å². The van der Waals surface area contributed by atoms with Gasteiger partial charge in [-0.1, -0.05) is 19.1 Å². The van der Waals surface area contributed by atoms with Gasteiger partial charge in [-0.2, -0.15) is 0 Å². The summed E-state index contributed by atoms with van der Waals surface area (Å²) < 4.78 is 7.18. The number of nitrogens with zero attached hydrogens (tertiary/aromatic N) is 1. The Bertz CT molecular complexity index is 530. The van der Waals surface area contributed by atoms with E-state index in [2.05, 4.69) is 36.5 Å². The summed E-state index contributed by atoms with van der Waals surface area (Å²) in [5, 5.41) is 4.84. The van der Waals surface area contributed by atoms with Crippen molar-refractivity contribution >= 4 is 21.6 Å². The normalized spacial score (nSPS) is 20.7.